The number of thioether (sulfide) groups is 2. The first kappa shape index (κ1) is 98.2. The number of ether oxygens (including phenoxy) is 14. The molecule has 2 unspecified atom stereocenters. The number of phenolic OH excluding ortho intramolecular Hbond substituents is 3. The fourth-order valence-corrected chi connectivity index (χ4v) is 26.1. The molecule has 0 radical (unpaired) electrons. The maximum absolute atomic E-state index is 15.3. The number of methoxy groups -OCH3 is 4. The molecule has 30 nitrogen and oxygen atoms in total. The van der Waals surface area contributed by atoms with Gasteiger partial charge in [-0.3, -0.25) is 30.2 Å². The average molecular weight is 1920 g/mol. The topological polar surface area (TPSA) is 360 Å². The summed E-state index contributed by atoms with van der Waals surface area (Å²) in [7, 11) is 5.98. The van der Waals surface area contributed by atoms with E-state index in [1.807, 2.05) is 107 Å². The van der Waals surface area contributed by atoms with Crippen LogP contribution >= 0.6 is 23.5 Å². The van der Waals surface area contributed by atoms with Crippen molar-refractivity contribution >= 4 is 65.7 Å². The predicted molar refractivity (Wildman–Crippen MR) is 519 cm³/mol. The van der Waals surface area contributed by atoms with E-state index in [9.17, 15) is 40.2 Å². The number of nitrogens with one attached hydrogen (secondary N) is 2. The highest BCUT2D eigenvalue weighted by molar-refractivity contribution is 7.99. The lowest BCUT2D eigenvalue weighted by atomic mass is 9.71. The normalized spacial score (nSPS) is 25.3. The molecule has 14 heterocycles. The van der Waals surface area contributed by atoms with Crippen molar-refractivity contribution in [2.24, 2.45) is 0 Å². The number of fused-ring (bicyclic) bond motifs is 18. The van der Waals surface area contributed by atoms with Crippen LogP contribution in [0.2, 0.25) is 0 Å². The molecule has 32 heteroatoms. The quantitative estimate of drug-likeness (QED) is 0.0159. The molecule has 2 spiro atoms. The Balaban J connectivity index is 0.000000196. The van der Waals surface area contributed by atoms with E-state index in [0.717, 1.165) is 44.5 Å². The highest BCUT2D eigenvalue weighted by Crippen LogP contribution is 2.68. The number of hydrogen-bond acceptors (Lipinski definition) is 32. The molecule has 8 bridgehead atoms. The van der Waals surface area contributed by atoms with Crippen LogP contribution in [0.3, 0.4) is 0 Å². The fraction of sp³-hybridized carbons (Fsp3) is 0.406. The van der Waals surface area contributed by atoms with Crippen LogP contribution in [0.15, 0.2) is 135 Å². The second-order valence-corrected chi connectivity index (χ2v) is 38.8. The Bertz CT molecular complexity index is 6370. The zero-order valence-corrected chi connectivity index (χ0v) is 78.2. The maximum atomic E-state index is 15.3. The van der Waals surface area contributed by atoms with Gasteiger partial charge in [-0.1, -0.05) is 107 Å². The van der Waals surface area contributed by atoms with Crippen molar-refractivity contribution in [3.63, 3.8) is 0 Å². The van der Waals surface area contributed by atoms with Crippen LogP contribution in [0.25, 0.3) is 12.2 Å². The third-order valence-corrected chi connectivity index (χ3v) is 31.0. The third kappa shape index (κ3) is 16.2. The fourth-order valence-electron chi connectivity index (χ4n) is 22.7. The first-order valence-electron chi connectivity index (χ1n) is 45.0. The van der Waals surface area contributed by atoms with E-state index in [0.29, 0.717) is 142 Å². The number of phenols is 3. The Hall–Kier alpha value is -12.9. The number of carbonyl (C=O) groups excluding carboxylic acids is 5. The number of nitriles is 2. The molecule has 724 valence electrons. The Labute approximate surface area is 811 Å². The van der Waals surface area contributed by atoms with Gasteiger partial charge in [-0.05, 0) is 166 Å². The van der Waals surface area contributed by atoms with Gasteiger partial charge in [0, 0.05) is 119 Å². The second kappa shape index (κ2) is 38.8. The first-order chi connectivity index (χ1) is 65.2. The lowest BCUT2D eigenvalue weighted by Gasteiger charge is -2.62. The molecular formula is C106H116N8O22S2. The molecule has 4 saturated heterocycles. The van der Waals surface area contributed by atoms with Crippen LogP contribution in [0.5, 0.6) is 80.5 Å². The number of piperazine rings is 2. The van der Waals surface area contributed by atoms with Gasteiger partial charge in [-0.15, -0.1) is 36.7 Å². The average Bonchev–Trinajstić information content (AvgIpc) is 0.934. The molecule has 22 rings (SSSR count). The number of esters is 4. The van der Waals surface area contributed by atoms with Gasteiger partial charge >= 0.3 is 30.0 Å². The molecule has 5 N–H and O–H groups in total. The summed E-state index contributed by atoms with van der Waals surface area (Å²) in [5.41, 5.74) is 8.73. The minimum absolute atomic E-state index is 0. The molecule has 8 aromatic rings. The van der Waals surface area contributed by atoms with Crippen LogP contribution in [0.1, 0.15) is 178 Å². The number of hydrogen-bond donors (Lipinski definition) is 5. The lowest BCUT2D eigenvalue weighted by Crippen LogP contribution is -2.70. The second-order valence-electron chi connectivity index (χ2n) is 36.5. The van der Waals surface area contributed by atoms with Crippen molar-refractivity contribution in [2.75, 3.05) is 92.9 Å². The number of aryl methyl sites for hydroxylation is 2. The van der Waals surface area contributed by atoms with Gasteiger partial charge in [0.2, 0.25) is 13.6 Å². The Morgan fingerprint density at radius 1 is 0.529 bits per heavy atom. The molecule has 14 aliphatic heterocycles. The number of benzene rings is 8. The monoisotopic (exact) mass is 1920 g/mol. The van der Waals surface area contributed by atoms with E-state index in [1.54, 1.807) is 63.3 Å². The van der Waals surface area contributed by atoms with E-state index >= 15 is 9.59 Å². The number of nitrogens with zero attached hydrogens (tertiary/aromatic N) is 6. The van der Waals surface area contributed by atoms with Crippen molar-refractivity contribution in [1.29, 1.82) is 10.5 Å². The zero-order valence-electron chi connectivity index (χ0n) is 76.5. The summed E-state index contributed by atoms with van der Waals surface area (Å²) in [5, 5.41) is 64.3. The predicted octanol–water partition coefficient (Wildman–Crippen LogP) is 16.0. The summed E-state index contributed by atoms with van der Waals surface area (Å²) in [4.78, 5) is 80.4. The Morgan fingerprint density at radius 3 is 1.36 bits per heavy atom. The number of rotatable bonds is 15. The van der Waals surface area contributed by atoms with Gasteiger partial charge in [-0.2, -0.15) is 10.5 Å². The number of carbonyl (C=O) groups is 5. The van der Waals surface area contributed by atoms with E-state index in [4.69, 9.17) is 66.3 Å². The molecule has 0 saturated carbocycles. The van der Waals surface area contributed by atoms with Crippen LogP contribution in [0, 0.1) is 50.4 Å². The summed E-state index contributed by atoms with van der Waals surface area (Å²) in [6.45, 7) is 21.8. The summed E-state index contributed by atoms with van der Waals surface area (Å²) in [6.07, 6.45) is 10.7. The van der Waals surface area contributed by atoms with Gasteiger partial charge < -0.3 is 81.6 Å². The standard InChI is InChI=1S/C54H56N4O12S.C49H48N4O10S.3CH4/c1-9-19-57-34-21-32-20-28(2)46(64-8)45(60)40(32)43(57)44-50-42-41(49-48(66-27-67-49)29(3)47(42)69-39(59)16-15-30-13-11-10-12-14-30)36(58(44)35(34)24-55)25-65-51(61)54(26-71-50)33-23-37(63-7)38(22-31(33)17-18-56-54)68-52(62)70-53(4,5)6;1-6-16-52-31-18-29-17-25(2)43(59-5)42(56)37(29)40(52)41-47-39-38(46-45(61-24-62-46)26(3)44(39)63-36(55)13-12-27-10-8-7-9-11-27)33(53(41)32(31)21-50)22-60-48(57)49(23-64-47)30-20-35(58-4)34(54)19-28(30)14-15-51-49;;;/h9-16,20,22-23,34-36,43-44,50,56,60H,1,17-19,21,25-27H2,2-8H3;6-13,17,19-20,31-33,40-41,47,51,54,56H,1,14-16,18,22-24H2,2-5H3;3*1H4/b16-15+;13-12+;;;/t34-,35-,36-,43+,44?,50+,54+;31-,32-,33-,40+,41?,47+,49+;;;/m00.../s1. The van der Waals surface area contributed by atoms with Crippen molar-refractivity contribution < 1.29 is 106 Å². The van der Waals surface area contributed by atoms with Crippen LogP contribution in [-0.4, -0.2) is 200 Å². The molecule has 4 fully saturated rings. The van der Waals surface area contributed by atoms with Crippen LogP contribution < -0.4 is 62.7 Å². The minimum atomic E-state index is -1.50. The number of aromatic hydroxyl groups is 3. The maximum Gasteiger partial charge on any atom is 0.514 e. The van der Waals surface area contributed by atoms with E-state index in [1.165, 1.54) is 64.1 Å². The summed E-state index contributed by atoms with van der Waals surface area (Å²) >= 11 is 2.90. The summed E-state index contributed by atoms with van der Waals surface area (Å²) in [5.74, 6) is 1.17. The van der Waals surface area contributed by atoms with Crippen molar-refractivity contribution in [3.8, 4) is 92.6 Å². The molecular weight excluding hydrogens is 1800 g/mol. The van der Waals surface area contributed by atoms with E-state index < -0.39 is 112 Å². The van der Waals surface area contributed by atoms with Crippen LogP contribution in [-0.2, 0) is 70.1 Å². The summed E-state index contributed by atoms with van der Waals surface area (Å²) in [6, 6.07) is 28.6. The highest BCUT2D eigenvalue weighted by Gasteiger charge is 2.66. The van der Waals surface area contributed by atoms with E-state index in [2.05, 4.69) is 55.5 Å². The summed E-state index contributed by atoms with van der Waals surface area (Å²) < 4.78 is 85.5. The zero-order chi connectivity index (χ0) is 94.7. The smallest absolute Gasteiger partial charge is 0.504 e. The third-order valence-electron chi connectivity index (χ3n) is 28.1. The molecule has 14 atom stereocenters. The molecule has 0 aliphatic carbocycles. The van der Waals surface area contributed by atoms with E-state index in [-0.39, 0.29) is 113 Å². The van der Waals surface area contributed by atoms with Gasteiger partial charge in [0.1, 0.15) is 42.4 Å². The Kier molecular flexibility index (Phi) is 27.6. The molecule has 0 aromatic heterocycles. The van der Waals surface area contributed by atoms with Crippen molar-refractivity contribution in [1.82, 2.24) is 30.2 Å². The highest BCUT2D eigenvalue weighted by atomic mass is 32.2. The lowest BCUT2D eigenvalue weighted by molar-refractivity contribution is -0.158. The SMILES string of the molecule is C.C.C.C=CCN1[C@@H]2c3c(cc(C)c(OC)c3O)C[C@H]1[C@H](C#N)N1C2[C@@H]2SC[C@]3(NCCc4cc(O)c(OC)cc43)C(=O)OC[C@H]1c1c3c(c(C)c(OC(=O)/C=C/c4ccccc4)c12)OCO3.C=CCN1[C@@H]2c3c(cc(C)c(OC)c3O)C[C@H]1[C@H](C#N)N1C2[C@@H]2SC[C@]3(NCCc4cc(OC(=O)OC(C)(C)C)c(OC)cc43)C(=O)OC[C@H]1c1c3c(c(C)c(OC(=O)/C=C/c4ccccc4)c12)OCO3. The van der Waals surface area contributed by atoms with Crippen molar-refractivity contribution in [2.45, 2.75) is 184 Å². The van der Waals surface area contributed by atoms with Gasteiger partial charge in [-0.25, -0.2) is 24.0 Å². The van der Waals surface area contributed by atoms with Crippen LogP contribution in [0.4, 0.5) is 4.79 Å². The molecule has 14 aliphatic rings. The first-order valence-corrected chi connectivity index (χ1v) is 47.0. The van der Waals surface area contributed by atoms with Gasteiger partial charge in [0.15, 0.2) is 80.1 Å². The molecule has 8 aromatic carbocycles. The largest absolute Gasteiger partial charge is 0.514 e. The minimum Gasteiger partial charge on any atom is -0.504 e. The molecule has 138 heavy (non-hydrogen) atoms. The Morgan fingerprint density at radius 2 is 0.949 bits per heavy atom. The van der Waals surface area contributed by atoms with Gasteiger partial charge in [0.05, 0.1) is 75.2 Å². The van der Waals surface area contributed by atoms with Crippen molar-refractivity contribution in [3.05, 3.63) is 235 Å². The molecule has 0 amide bonds. The van der Waals surface area contributed by atoms with Gasteiger partial charge in [0.25, 0.3) is 0 Å².